The van der Waals surface area contributed by atoms with Gasteiger partial charge in [-0.25, -0.2) is 9.07 Å². The molecule has 1 amide bonds. The quantitative estimate of drug-likeness (QED) is 0.941. The Bertz CT molecular complexity index is 650. The van der Waals surface area contributed by atoms with E-state index in [1.165, 1.54) is 10.7 Å². The summed E-state index contributed by atoms with van der Waals surface area (Å²) in [6, 6.07) is 6.47. The number of nitrogens with zero attached hydrogens (tertiary/aromatic N) is 3. The van der Waals surface area contributed by atoms with Gasteiger partial charge in [0.15, 0.2) is 0 Å². The number of benzene rings is 1. The minimum Gasteiger partial charge on any atom is -0.339 e. The molecule has 116 valence electrons. The van der Waals surface area contributed by atoms with Crippen LogP contribution in [0.5, 0.6) is 0 Å². The Kier molecular flexibility index (Phi) is 4.20. The van der Waals surface area contributed by atoms with E-state index in [0.717, 1.165) is 25.9 Å². The largest absolute Gasteiger partial charge is 0.339 e. The van der Waals surface area contributed by atoms with E-state index in [9.17, 15) is 9.18 Å². The van der Waals surface area contributed by atoms with Crippen molar-refractivity contribution in [3.05, 3.63) is 48.0 Å². The summed E-state index contributed by atoms with van der Waals surface area (Å²) in [7, 11) is 1.79. The lowest BCUT2D eigenvalue weighted by molar-refractivity contribution is 0.0702. The highest BCUT2D eigenvalue weighted by Crippen LogP contribution is 2.18. The Morgan fingerprint density at radius 3 is 2.82 bits per heavy atom. The lowest BCUT2D eigenvalue weighted by Gasteiger charge is -2.31. The topological polar surface area (TPSA) is 50.2 Å². The third-order valence-electron chi connectivity index (χ3n) is 4.12. The van der Waals surface area contributed by atoms with Gasteiger partial charge in [-0.05, 0) is 50.2 Å². The van der Waals surface area contributed by atoms with Gasteiger partial charge in [-0.3, -0.25) is 4.79 Å². The van der Waals surface area contributed by atoms with Crippen LogP contribution in [-0.2, 0) is 0 Å². The molecule has 2 aromatic rings. The second-order valence-corrected chi connectivity index (χ2v) is 5.51. The maximum atomic E-state index is 14.2. The SMILES string of the molecule is CN(C(=O)c1ccc(-n2cccn2)c(F)c1)C1CCNCC1. The zero-order valence-corrected chi connectivity index (χ0v) is 12.5. The summed E-state index contributed by atoms with van der Waals surface area (Å²) in [5, 5.41) is 7.28. The smallest absolute Gasteiger partial charge is 0.253 e. The molecule has 0 saturated carbocycles. The number of aromatic nitrogens is 2. The lowest BCUT2D eigenvalue weighted by atomic mass is 10.0. The number of piperidine rings is 1. The molecule has 0 atom stereocenters. The van der Waals surface area contributed by atoms with Crippen molar-refractivity contribution in [3.8, 4) is 5.69 Å². The van der Waals surface area contributed by atoms with Crippen LogP contribution in [0.3, 0.4) is 0 Å². The average Bonchev–Trinajstić information content (AvgIpc) is 3.08. The number of carbonyl (C=O) groups excluding carboxylic acids is 1. The molecule has 6 heteroatoms. The molecule has 1 aromatic carbocycles. The molecule has 0 unspecified atom stereocenters. The molecule has 1 N–H and O–H groups in total. The van der Waals surface area contributed by atoms with Crippen LogP contribution in [0.15, 0.2) is 36.7 Å². The summed E-state index contributed by atoms with van der Waals surface area (Å²) in [4.78, 5) is 14.2. The van der Waals surface area contributed by atoms with E-state index >= 15 is 0 Å². The zero-order valence-electron chi connectivity index (χ0n) is 12.5. The summed E-state index contributed by atoms with van der Waals surface area (Å²) in [6.07, 6.45) is 5.11. The first kappa shape index (κ1) is 14.7. The highest BCUT2D eigenvalue weighted by molar-refractivity contribution is 5.94. The van der Waals surface area contributed by atoms with Crippen LogP contribution in [0.25, 0.3) is 5.69 Å². The molecule has 1 fully saturated rings. The Morgan fingerprint density at radius 1 is 1.41 bits per heavy atom. The Morgan fingerprint density at radius 2 is 2.18 bits per heavy atom. The van der Waals surface area contributed by atoms with Crippen LogP contribution in [0, 0.1) is 5.82 Å². The molecule has 1 aliphatic heterocycles. The Balaban J connectivity index is 1.79. The molecule has 22 heavy (non-hydrogen) atoms. The summed E-state index contributed by atoms with van der Waals surface area (Å²) in [5.41, 5.74) is 0.709. The first-order valence-corrected chi connectivity index (χ1v) is 7.44. The molecule has 3 rings (SSSR count). The van der Waals surface area contributed by atoms with E-state index in [1.54, 1.807) is 42.5 Å². The fourth-order valence-electron chi connectivity index (χ4n) is 2.80. The normalized spacial score (nSPS) is 15.7. The van der Waals surface area contributed by atoms with E-state index in [-0.39, 0.29) is 11.9 Å². The monoisotopic (exact) mass is 302 g/mol. The molecule has 0 aliphatic carbocycles. The van der Waals surface area contributed by atoms with Crippen LogP contribution in [0.1, 0.15) is 23.2 Å². The number of amides is 1. The minimum absolute atomic E-state index is 0.141. The van der Waals surface area contributed by atoms with Crippen molar-refractivity contribution in [3.63, 3.8) is 0 Å². The molecular weight excluding hydrogens is 283 g/mol. The van der Waals surface area contributed by atoms with Gasteiger partial charge in [0.1, 0.15) is 11.5 Å². The van der Waals surface area contributed by atoms with Crippen molar-refractivity contribution in [1.29, 1.82) is 0 Å². The van der Waals surface area contributed by atoms with Crippen molar-refractivity contribution in [2.45, 2.75) is 18.9 Å². The molecule has 1 saturated heterocycles. The standard InChI is InChI=1S/C16H19FN4O/c1-20(13-5-8-18-9-6-13)16(22)12-3-4-15(14(17)11-12)21-10-2-7-19-21/h2-4,7,10-11,13,18H,5-6,8-9H2,1H3. The van der Waals surface area contributed by atoms with Gasteiger partial charge >= 0.3 is 0 Å². The maximum absolute atomic E-state index is 14.2. The van der Waals surface area contributed by atoms with E-state index in [2.05, 4.69) is 10.4 Å². The van der Waals surface area contributed by atoms with Crippen molar-refractivity contribution < 1.29 is 9.18 Å². The second kappa shape index (κ2) is 6.27. The van der Waals surface area contributed by atoms with Gasteiger partial charge in [-0.2, -0.15) is 5.10 Å². The van der Waals surface area contributed by atoms with Crippen molar-refractivity contribution in [1.82, 2.24) is 20.0 Å². The Hall–Kier alpha value is -2.21. The number of nitrogens with one attached hydrogen (secondary N) is 1. The molecule has 5 nitrogen and oxygen atoms in total. The van der Waals surface area contributed by atoms with Crippen LogP contribution in [-0.4, -0.2) is 46.8 Å². The summed E-state index contributed by atoms with van der Waals surface area (Å²) in [6.45, 7) is 1.82. The van der Waals surface area contributed by atoms with E-state index < -0.39 is 5.82 Å². The van der Waals surface area contributed by atoms with Crippen LogP contribution >= 0.6 is 0 Å². The van der Waals surface area contributed by atoms with Gasteiger partial charge in [0, 0.05) is 31.0 Å². The number of hydrogen-bond acceptors (Lipinski definition) is 3. The highest BCUT2D eigenvalue weighted by atomic mass is 19.1. The highest BCUT2D eigenvalue weighted by Gasteiger charge is 2.23. The number of hydrogen-bond donors (Lipinski definition) is 1. The lowest BCUT2D eigenvalue weighted by Crippen LogP contribution is -2.44. The van der Waals surface area contributed by atoms with E-state index in [4.69, 9.17) is 0 Å². The van der Waals surface area contributed by atoms with E-state index in [0.29, 0.717) is 11.3 Å². The van der Waals surface area contributed by atoms with Gasteiger partial charge in [0.2, 0.25) is 0 Å². The molecule has 0 spiro atoms. The number of halogens is 1. The summed E-state index contributed by atoms with van der Waals surface area (Å²) in [5.74, 6) is -0.592. The first-order valence-electron chi connectivity index (χ1n) is 7.44. The molecule has 0 radical (unpaired) electrons. The number of carbonyl (C=O) groups is 1. The van der Waals surface area contributed by atoms with Crippen LogP contribution in [0.2, 0.25) is 0 Å². The van der Waals surface area contributed by atoms with Crippen LogP contribution in [0.4, 0.5) is 4.39 Å². The fourth-order valence-corrected chi connectivity index (χ4v) is 2.80. The molecule has 2 heterocycles. The third kappa shape index (κ3) is 2.87. The third-order valence-corrected chi connectivity index (χ3v) is 4.12. The average molecular weight is 302 g/mol. The van der Waals surface area contributed by atoms with E-state index in [1.807, 2.05) is 0 Å². The predicted molar refractivity (Wildman–Crippen MR) is 81.5 cm³/mol. The summed E-state index contributed by atoms with van der Waals surface area (Å²) >= 11 is 0. The summed E-state index contributed by atoms with van der Waals surface area (Å²) < 4.78 is 15.7. The van der Waals surface area contributed by atoms with Crippen LogP contribution < -0.4 is 5.32 Å². The minimum atomic E-state index is -0.451. The molecule has 1 aromatic heterocycles. The van der Waals surface area contributed by atoms with Crippen molar-refractivity contribution >= 4 is 5.91 Å². The van der Waals surface area contributed by atoms with Crippen molar-refractivity contribution in [2.24, 2.45) is 0 Å². The predicted octanol–water partition coefficient (Wildman–Crippen LogP) is 1.84. The zero-order chi connectivity index (χ0) is 15.5. The van der Waals surface area contributed by atoms with Crippen molar-refractivity contribution in [2.75, 3.05) is 20.1 Å². The van der Waals surface area contributed by atoms with Gasteiger partial charge in [-0.1, -0.05) is 0 Å². The maximum Gasteiger partial charge on any atom is 0.253 e. The first-order chi connectivity index (χ1) is 10.7. The molecule has 1 aliphatic rings. The van der Waals surface area contributed by atoms with Gasteiger partial charge < -0.3 is 10.2 Å². The van der Waals surface area contributed by atoms with Gasteiger partial charge in [0.05, 0.1) is 0 Å². The van der Waals surface area contributed by atoms with Gasteiger partial charge in [-0.15, -0.1) is 0 Å². The van der Waals surface area contributed by atoms with Gasteiger partial charge in [0.25, 0.3) is 5.91 Å². The Labute approximate surface area is 128 Å². The number of rotatable bonds is 3. The second-order valence-electron chi connectivity index (χ2n) is 5.51. The fraction of sp³-hybridized carbons (Fsp3) is 0.375. The molecular formula is C16H19FN4O. The molecule has 0 bridgehead atoms.